The van der Waals surface area contributed by atoms with Crippen molar-refractivity contribution in [1.82, 2.24) is 9.80 Å². The van der Waals surface area contributed by atoms with E-state index in [0.29, 0.717) is 4.90 Å². The number of nitrogens with zero attached hydrogens (tertiary/aromatic N) is 3. The molecule has 0 spiro atoms. The average Bonchev–Trinajstić information content (AvgIpc) is 2.64. The Hall–Kier alpha value is -0.760. The van der Waals surface area contributed by atoms with Crippen molar-refractivity contribution in [3.63, 3.8) is 0 Å². The molecule has 0 radical (unpaired) electrons. The van der Waals surface area contributed by atoms with Crippen molar-refractivity contribution >= 4 is 25.4 Å². The summed E-state index contributed by atoms with van der Waals surface area (Å²) in [5.74, 6) is 0.831. The van der Waals surface area contributed by atoms with E-state index in [1.54, 1.807) is 12.3 Å². The Morgan fingerprint density at radius 3 is 2.40 bits per heavy atom. The van der Waals surface area contributed by atoms with Crippen molar-refractivity contribution in [2.45, 2.75) is 17.7 Å². The predicted molar refractivity (Wildman–Crippen MR) is 106 cm³/mol. The van der Waals surface area contributed by atoms with Gasteiger partial charge >= 0.3 is 0 Å². The predicted octanol–water partition coefficient (Wildman–Crippen LogP) is 2.20. The minimum atomic E-state index is -3.22. The molecule has 1 aromatic rings. The Labute approximate surface area is 155 Å². The molecule has 0 saturated carbocycles. The first kappa shape index (κ1) is 19.0. The zero-order valence-corrected chi connectivity index (χ0v) is 16.9. The van der Waals surface area contributed by atoms with Gasteiger partial charge in [-0.1, -0.05) is 6.07 Å². The van der Waals surface area contributed by atoms with Crippen LogP contribution >= 0.6 is 10.8 Å². The fourth-order valence-corrected chi connectivity index (χ4v) is 5.32. The number of benzene rings is 1. The van der Waals surface area contributed by atoms with E-state index in [1.165, 1.54) is 32.5 Å². The number of rotatable bonds is 5. The van der Waals surface area contributed by atoms with Gasteiger partial charge in [-0.3, -0.25) is 4.90 Å². The molecule has 0 bridgehead atoms. The zero-order valence-electron chi connectivity index (χ0n) is 15.2. The molecular weight excluding hydrogens is 354 g/mol. The van der Waals surface area contributed by atoms with Crippen LogP contribution in [-0.2, 0) is 8.87 Å². The SMILES string of the molecule is CSS(=O)(=O)c1cccc(N2CCN(CC3CCN(C)CC3)CC2)c1. The number of piperidine rings is 1. The van der Waals surface area contributed by atoms with Crippen molar-refractivity contribution in [2.24, 2.45) is 5.92 Å². The molecule has 0 aromatic heterocycles. The summed E-state index contributed by atoms with van der Waals surface area (Å²) in [6.07, 6.45) is 4.24. The lowest BCUT2D eigenvalue weighted by Gasteiger charge is -2.39. The standard InChI is InChI=1S/C18H29N3O2S2/c1-19-8-6-16(7-9-19)15-20-10-12-21(13-11-20)17-4-3-5-18(14-17)25(22,23)24-2/h3-5,14,16H,6-13,15H2,1-2H3. The van der Waals surface area contributed by atoms with Gasteiger partial charge in [-0.05, 0) is 74.1 Å². The summed E-state index contributed by atoms with van der Waals surface area (Å²) >= 11 is 0. The van der Waals surface area contributed by atoms with E-state index in [2.05, 4.69) is 21.7 Å². The molecule has 25 heavy (non-hydrogen) atoms. The summed E-state index contributed by atoms with van der Waals surface area (Å²) < 4.78 is 24.1. The molecule has 2 fully saturated rings. The second-order valence-corrected chi connectivity index (χ2v) is 11.2. The number of anilines is 1. The molecule has 2 aliphatic heterocycles. The molecule has 0 atom stereocenters. The van der Waals surface area contributed by atoms with E-state index >= 15 is 0 Å². The quantitative estimate of drug-likeness (QED) is 0.727. The summed E-state index contributed by atoms with van der Waals surface area (Å²) in [5, 5.41) is 0. The Morgan fingerprint density at radius 1 is 1.08 bits per heavy atom. The normalized spacial score (nSPS) is 21.6. The van der Waals surface area contributed by atoms with Crippen LogP contribution in [0, 0.1) is 5.92 Å². The van der Waals surface area contributed by atoms with Crippen molar-refractivity contribution in [3.8, 4) is 0 Å². The Kier molecular flexibility index (Phi) is 6.30. The summed E-state index contributed by atoms with van der Waals surface area (Å²) in [6, 6.07) is 7.37. The fraction of sp³-hybridized carbons (Fsp3) is 0.667. The molecular formula is C18H29N3O2S2. The van der Waals surface area contributed by atoms with Gasteiger partial charge in [0.05, 0.1) is 4.90 Å². The molecule has 2 aliphatic rings. The minimum absolute atomic E-state index is 0.409. The number of hydrogen-bond donors (Lipinski definition) is 0. The molecule has 0 aliphatic carbocycles. The van der Waals surface area contributed by atoms with Gasteiger partial charge in [0.1, 0.15) is 0 Å². The Balaban J connectivity index is 1.55. The van der Waals surface area contributed by atoms with Crippen LogP contribution < -0.4 is 4.90 Å². The molecule has 2 heterocycles. The lowest BCUT2D eigenvalue weighted by Crippen LogP contribution is -2.48. The first-order valence-electron chi connectivity index (χ1n) is 9.04. The van der Waals surface area contributed by atoms with Gasteiger partial charge in [0.15, 0.2) is 0 Å². The van der Waals surface area contributed by atoms with Gasteiger partial charge in [0, 0.05) is 38.4 Å². The third kappa shape index (κ3) is 4.90. The average molecular weight is 384 g/mol. The molecule has 3 rings (SSSR count). The van der Waals surface area contributed by atoms with E-state index in [0.717, 1.165) is 48.6 Å². The van der Waals surface area contributed by atoms with Crippen LogP contribution in [0.4, 0.5) is 5.69 Å². The van der Waals surface area contributed by atoms with Gasteiger partial charge in [-0.25, -0.2) is 8.42 Å². The third-order valence-corrected chi connectivity index (χ3v) is 8.58. The van der Waals surface area contributed by atoms with Crippen LogP contribution in [0.3, 0.4) is 0 Å². The Morgan fingerprint density at radius 2 is 1.76 bits per heavy atom. The molecule has 1 aromatic carbocycles. The van der Waals surface area contributed by atoms with E-state index < -0.39 is 8.87 Å². The van der Waals surface area contributed by atoms with Crippen LogP contribution in [0.25, 0.3) is 0 Å². The van der Waals surface area contributed by atoms with Crippen molar-refractivity contribution in [2.75, 3.05) is 64.0 Å². The van der Waals surface area contributed by atoms with Gasteiger partial charge < -0.3 is 9.80 Å². The largest absolute Gasteiger partial charge is 0.369 e. The topological polar surface area (TPSA) is 43.9 Å². The second kappa shape index (κ2) is 8.29. The van der Waals surface area contributed by atoms with Crippen LogP contribution in [0.15, 0.2) is 29.2 Å². The monoisotopic (exact) mass is 383 g/mol. The van der Waals surface area contributed by atoms with Crippen LogP contribution in [0.2, 0.25) is 0 Å². The first-order valence-corrected chi connectivity index (χ1v) is 12.3. The zero-order chi connectivity index (χ0) is 17.9. The number of likely N-dealkylation sites (tertiary alicyclic amines) is 1. The lowest BCUT2D eigenvalue weighted by atomic mass is 9.96. The fourth-order valence-electron chi connectivity index (χ4n) is 3.73. The first-order chi connectivity index (χ1) is 12.0. The van der Waals surface area contributed by atoms with Gasteiger partial charge in [0.25, 0.3) is 0 Å². The van der Waals surface area contributed by atoms with E-state index in [4.69, 9.17) is 0 Å². The molecule has 7 heteroatoms. The molecule has 140 valence electrons. The maximum Gasteiger partial charge on any atom is 0.229 e. The van der Waals surface area contributed by atoms with Crippen LogP contribution in [0.1, 0.15) is 12.8 Å². The number of piperazine rings is 1. The molecule has 0 amide bonds. The van der Waals surface area contributed by atoms with Crippen molar-refractivity contribution in [1.29, 1.82) is 0 Å². The highest BCUT2D eigenvalue weighted by atomic mass is 33.1. The molecule has 5 nitrogen and oxygen atoms in total. The second-order valence-electron chi connectivity index (χ2n) is 7.15. The van der Waals surface area contributed by atoms with E-state index in [1.807, 2.05) is 18.2 Å². The number of hydrogen-bond acceptors (Lipinski definition) is 6. The summed E-state index contributed by atoms with van der Waals surface area (Å²) in [4.78, 5) is 7.72. The molecule has 2 saturated heterocycles. The summed E-state index contributed by atoms with van der Waals surface area (Å²) in [5.41, 5.74) is 1.02. The smallest absolute Gasteiger partial charge is 0.229 e. The molecule has 0 unspecified atom stereocenters. The van der Waals surface area contributed by atoms with Crippen molar-refractivity contribution < 1.29 is 8.42 Å². The van der Waals surface area contributed by atoms with Gasteiger partial charge in [-0.15, -0.1) is 0 Å². The maximum absolute atomic E-state index is 12.1. The third-order valence-electron chi connectivity index (χ3n) is 5.42. The van der Waals surface area contributed by atoms with Gasteiger partial charge in [0.2, 0.25) is 8.87 Å². The lowest BCUT2D eigenvalue weighted by molar-refractivity contribution is 0.155. The van der Waals surface area contributed by atoms with Gasteiger partial charge in [-0.2, -0.15) is 0 Å². The van der Waals surface area contributed by atoms with E-state index in [9.17, 15) is 8.42 Å². The van der Waals surface area contributed by atoms with Crippen molar-refractivity contribution in [3.05, 3.63) is 24.3 Å². The van der Waals surface area contributed by atoms with Crippen LogP contribution in [0.5, 0.6) is 0 Å². The van der Waals surface area contributed by atoms with Crippen LogP contribution in [-0.4, -0.2) is 77.3 Å². The maximum atomic E-state index is 12.1. The highest BCUT2D eigenvalue weighted by Gasteiger charge is 2.23. The summed E-state index contributed by atoms with van der Waals surface area (Å²) in [7, 11) is -0.112. The van der Waals surface area contributed by atoms with E-state index in [-0.39, 0.29) is 0 Å². The summed E-state index contributed by atoms with van der Waals surface area (Å²) in [6.45, 7) is 7.72. The highest BCUT2D eigenvalue weighted by Crippen LogP contribution is 2.26. The minimum Gasteiger partial charge on any atom is -0.369 e. The highest BCUT2D eigenvalue weighted by molar-refractivity contribution is 8.71. The Bertz CT molecular complexity index is 665. The molecule has 0 N–H and O–H groups in total.